The minimum Gasteiger partial charge on any atom is -0.370 e. The number of pyridine rings is 1. The molecular formula is C21H23FN6OS. The predicted octanol–water partition coefficient (Wildman–Crippen LogP) is 3.55. The summed E-state index contributed by atoms with van der Waals surface area (Å²) in [6, 6.07) is 10.5. The van der Waals surface area contributed by atoms with Crippen LogP contribution in [0.25, 0.3) is 17.1 Å². The van der Waals surface area contributed by atoms with E-state index < -0.39 is 16.9 Å². The van der Waals surface area contributed by atoms with E-state index in [2.05, 4.69) is 24.9 Å². The van der Waals surface area contributed by atoms with Gasteiger partial charge >= 0.3 is 0 Å². The molecule has 0 bridgehead atoms. The summed E-state index contributed by atoms with van der Waals surface area (Å²) in [7, 11) is -1.15. The van der Waals surface area contributed by atoms with Gasteiger partial charge in [-0.15, -0.1) is 5.10 Å². The van der Waals surface area contributed by atoms with E-state index in [-0.39, 0.29) is 0 Å². The first kappa shape index (κ1) is 19.2. The molecule has 0 amide bonds. The SMILES string of the molecule is CS(=O)Nc1ccc(-n2cc(-c3cccc(F)n3)nn2)c(N2CCC3(CC2)CC3)c1. The second kappa shape index (κ2) is 7.46. The van der Waals surface area contributed by atoms with Crippen molar-refractivity contribution in [1.82, 2.24) is 20.0 Å². The Labute approximate surface area is 176 Å². The standard InChI is InChI=1S/C21H23FN6OS/c1-30(29)25-15-5-6-18(19(13-15)27-11-9-21(7-8-21)10-12-27)28-14-17(24-26-28)16-3-2-4-20(22)23-16/h2-6,13-14,25H,7-12H2,1H3. The molecule has 0 radical (unpaired) electrons. The van der Waals surface area contributed by atoms with Gasteiger partial charge in [0, 0.05) is 25.0 Å². The summed E-state index contributed by atoms with van der Waals surface area (Å²) in [4.78, 5) is 6.26. The summed E-state index contributed by atoms with van der Waals surface area (Å²) in [5.41, 5.74) is 4.22. The third kappa shape index (κ3) is 3.81. The van der Waals surface area contributed by atoms with Crippen LogP contribution in [0.5, 0.6) is 0 Å². The first-order valence-electron chi connectivity index (χ1n) is 10.1. The Morgan fingerprint density at radius 2 is 1.87 bits per heavy atom. The summed E-state index contributed by atoms with van der Waals surface area (Å²) in [5, 5.41) is 8.47. The Morgan fingerprint density at radius 1 is 1.07 bits per heavy atom. The molecule has 156 valence electrons. The molecule has 1 unspecified atom stereocenters. The highest BCUT2D eigenvalue weighted by atomic mass is 32.2. The lowest BCUT2D eigenvalue weighted by molar-refractivity contribution is 0.384. The number of hydrogen-bond acceptors (Lipinski definition) is 5. The van der Waals surface area contributed by atoms with E-state index in [0.29, 0.717) is 16.8 Å². The molecular weight excluding hydrogens is 403 g/mol. The summed E-state index contributed by atoms with van der Waals surface area (Å²) in [6.07, 6.45) is 8.45. The topological polar surface area (TPSA) is 75.9 Å². The van der Waals surface area contributed by atoms with Crippen molar-refractivity contribution in [2.45, 2.75) is 25.7 Å². The normalized spacial score (nSPS) is 18.4. The van der Waals surface area contributed by atoms with E-state index in [1.807, 2.05) is 18.2 Å². The molecule has 2 aromatic heterocycles. The zero-order valence-electron chi connectivity index (χ0n) is 16.7. The van der Waals surface area contributed by atoms with E-state index in [1.165, 1.54) is 31.7 Å². The number of benzene rings is 1. The van der Waals surface area contributed by atoms with Gasteiger partial charge in [-0.05, 0) is 61.4 Å². The maximum atomic E-state index is 13.5. The highest BCUT2D eigenvalue weighted by Crippen LogP contribution is 2.54. The van der Waals surface area contributed by atoms with Crippen LogP contribution < -0.4 is 9.62 Å². The van der Waals surface area contributed by atoms with Crippen molar-refractivity contribution in [2.24, 2.45) is 5.41 Å². The summed E-state index contributed by atoms with van der Waals surface area (Å²) < 4.78 is 29.8. The van der Waals surface area contributed by atoms with Crippen LogP contribution in [-0.4, -0.2) is 43.5 Å². The third-order valence-corrected chi connectivity index (χ3v) is 6.60. The Morgan fingerprint density at radius 3 is 2.57 bits per heavy atom. The molecule has 2 fully saturated rings. The first-order chi connectivity index (χ1) is 14.5. The number of nitrogens with zero attached hydrogens (tertiary/aromatic N) is 5. The Bertz CT molecular complexity index is 1100. The van der Waals surface area contributed by atoms with Gasteiger partial charge in [-0.25, -0.2) is 13.9 Å². The number of anilines is 2. The lowest BCUT2D eigenvalue weighted by Gasteiger charge is -2.35. The van der Waals surface area contributed by atoms with Crippen molar-refractivity contribution in [2.75, 3.05) is 29.0 Å². The molecule has 1 aromatic carbocycles. The van der Waals surface area contributed by atoms with Gasteiger partial charge in [-0.3, -0.25) is 0 Å². The van der Waals surface area contributed by atoms with Crippen molar-refractivity contribution < 1.29 is 8.60 Å². The summed E-state index contributed by atoms with van der Waals surface area (Å²) >= 11 is 0. The smallest absolute Gasteiger partial charge is 0.213 e. The molecule has 30 heavy (non-hydrogen) atoms. The second-order valence-electron chi connectivity index (χ2n) is 8.14. The minimum absolute atomic E-state index is 0.441. The van der Waals surface area contributed by atoms with Gasteiger partial charge in [-0.2, -0.15) is 4.39 Å². The van der Waals surface area contributed by atoms with Crippen LogP contribution in [0.15, 0.2) is 42.6 Å². The fraction of sp³-hybridized carbons (Fsp3) is 0.381. The van der Waals surface area contributed by atoms with Crippen LogP contribution in [0.4, 0.5) is 15.8 Å². The average molecular weight is 427 g/mol. The van der Waals surface area contributed by atoms with Crippen LogP contribution in [0, 0.1) is 11.4 Å². The van der Waals surface area contributed by atoms with Crippen LogP contribution in [0.2, 0.25) is 0 Å². The molecule has 1 atom stereocenters. The van der Waals surface area contributed by atoms with E-state index in [4.69, 9.17) is 0 Å². The molecule has 1 saturated heterocycles. The number of aromatic nitrogens is 4. The molecule has 3 heterocycles. The second-order valence-corrected chi connectivity index (χ2v) is 9.25. The average Bonchev–Trinajstić information content (AvgIpc) is 3.30. The largest absolute Gasteiger partial charge is 0.370 e. The third-order valence-electron chi connectivity index (χ3n) is 6.08. The van der Waals surface area contributed by atoms with Crippen LogP contribution in [-0.2, 0) is 11.0 Å². The monoisotopic (exact) mass is 426 g/mol. The number of rotatable bonds is 5. The Hall–Kier alpha value is -2.81. The van der Waals surface area contributed by atoms with Gasteiger partial charge in [-0.1, -0.05) is 11.3 Å². The van der Waals surface area contributed by atoms with Crippen molar-refractivity contribution in [1.29, 1.82) is 0 Å². The van der Waals surface area contributed by atoms with E-state index >= 15 is 0 Å². The fourth-order valence-electron chi connectivity index (χ4n) is 4.15. The van der Waals surface area contributed by atoms with Gasteiger partial charge in [0.1, 0.15) is 16.7 Å². The summed E-state index contributed by atoms with van der Waals surface area (Å²) in [5.74, 6) is -0.548. The quantitative estimate of drug-likeness (QED) is 0.632. The minimum atomic E-state index is -1.15. The molecule has 3 aromatic rings. The highest BCUT2D eigenvalue weighted by Gasteiger charge is 2.44. The van der Waals surface area contributed by atoms with Gasteiger partial charge in [0.25, 0.3) is 0 Å². The van der Waals surface area contributed by atoms with Crippen molar-refractivity contribution in [3.8, 4) is 17.1 Å². The zero-order chi connectivity index (χ0) is 20.7. The fourth-order valence-corrected chi connectivity index (χ4v) is 4.61. The number of nitrogens with one attached hydrogen (secondary N) is 1. The molecule has 1 aliphatic carbocycles. The summed E-state index contributed by atoms with van der Waals surface area (Å²) in [6.45, 7) is 1.97. The van der Waals surface area contributed by atoms with Crippen LogP contribution >= 0.6 is 0 Å². The molecule has 9 heteroatoms. The molecule has 2 aliphatic rings. The molecule has 1 saturated carbocycles. The van der Waals surface area contributed by atoms with Crippen molar-refractivity contribution in [3.63, 3.8) is 0 Å². The number of piperidine rings is 1. The van der Waals surface area contributed by atoms with E-state index in [9.17, 15) is 8.60 Å². The van der Waals surface area contributed by atoms with Crippen molar-refractivity contribution in [3.05, 3.63) is 48.5 Å². The lowest BCUT2D eigenvalue weighted by atomic mass is 9.93. The molecule has 1 spiro atoms. The van der Waals surface area contributed by atoms with Gasteiger partial charge < -0.3 is 9.62 Å². The van der Waals surface area contributed by atoms with Crippen LogP contribution in [0.1, 0.15) is 25.7 Å². The zero-order valence-corrected chi connectivity index (χ0v) is 17.5. The highest BCUT2D eigenvalue weighted by molar-refractivity contribution is 7.85. The Kier molecular flexibility index (Phi) is 4.77. The molecule has 7 nitrogen and oxygen atoms in total. The predicted molar refractivity (Wildman–Crippen MR) is 115 cm³/mol. The molecule has 5 rings (SSSR count). The van der Waals surface area contributed by atoms with E-state index in [1.54, 1.807) is 29.3 Å². The lowest BCUT2D eigenvalue weighted by Crippen LogP contribution is -2.35. The Balaban J connectivity index is 1.50. The molecule has 1 N–H and O–H groups in total. The van der Waals surface area contributed by atoms with E-state index in [0.717, 1.165) is 30.2 Å². The maximum Gasteiger partial charge on any atom is 0.213 e. The number of hydrogen-bond donors (Lipinski definition) is 1. The molecule has 1 aliphatic heterocycles. The van der Waals surface area contributed by atoms with Gasteiger partial charge in [0.15, 0.2) is 0 Å². The van der Waals surface area contributed by atoms with Crippen LogP contribution in [0.3, 0.4) is 0 Å². The maximum absolute atomic E-state index is 13.5. The first-order valence-corrected chi connectivity index (χ1v) is 11.6. The van der Waals surface area contributed by atoms with Crippen molar-refractivity contribution >= 4 is 22.4 Å². The number of halogens is 1. The van der Waals surface area contributed by atoms with Gasteiger partial charge in [0.2, 0.25) is 5.95 Å². The van der Waals surface area contributed by atoms with Gasteiger partial charge in [0.05, 0.1) is 23.3 Å².